The van der Waals surface area contributed by atoms with E-state index < -0.39 is 11.6 Å². The highest BCUT2D eigenvalue weighted by atomic mass is 35.5. The summed E-state index contributed by atoms with van der Waals surface area (Å²) in [6, 6.07) is 11.6. The summed E-state index contributed by atoms with van der Waals surface area (Å²) < 4.78 is 21.3. The van der Waals surface area contributed by atoms with Crippen molar-refractivity contribution in [1.82, 2.24) is 0 Å². The van der Waals surface area contributed by atoms with Crippen molar-refractivity contribution >= 4 is 34.6 Å². The van der Waals surface area contributed by atoms with Gasteiger partial charge in [0.1, 0.15) is 30.3 Å². The molecule has 28 heavy (non-hydrogen) atoms. The van der Waals surface area contributed by atoms with Crippen LogP contribution in [0.2, 0.25) is 5.02 Å². The van der Waals surface area contributed by atoms with Gasteiger partial charge in [0.05, 0.1) is 12.7 Å². The molecule has 6 nitrogen and oxygen atoms in total. The second kappa shape index (κ2) is 7.40. The number of rotatable bonds is 4. The third-order valence-corrected chi connectivity index (χ3v) is 4.58. The molecule has 0 fully saturated rings. The SMILES string of the molecule is COc1ccc2c(COC(=O)C3=Cc4cc(Cl)ccc4OC3)cc(=O)oc2c1. The summed E-state index contributed by atoms with van der Waals surface area (Å²) in [5, 5.41) is 1.21. The molecule has 0 N–H and O–H groups in total. The maximum atomic E-state index is 12.5. The topological polar surface area (TPSA) is 75.0 Å². The molecule has 7 heteroatoms. The number of hydrogen-bond donors (Lipinski definition) is 0. The third-order valence-electron chi connectivity index (χ3n) is 4.34. The zero-order chi connectivity index (χ0) is 19.7. The van der Waals surface area contributed by atoms with Gasteiger partial charge >= 0.3 is 11.6 Å². The normalized spacial score (nSPS) is 12.7. The van der Waals surface area contributed by atoms with Gasteiger partial charge in [-0.15, -0.1) is 0 Å². The van der Waals surface area contributed by atoms with Crippen LogP contribution in [0.25, 0.3) is 17.0 Å². The molecule has 0 radical (unpaired) electrons. The summed E-state index contributed by atoms with van der Waals surface area (Å²) in [4.78, 5) is 24.3. The van der Waals surface area contributed by atoms with E-state index in [9.17, 15) is 9.59 Å². The summed E-state index contributed by atoms with van der Waals surface area (Å²) in [5.41, 5.74) is 1.45. The molecule has 1 aromatic heterocycles. The van der Waals surface area contributed by atoms with Crippen molar-refractivity contribution in [3.63, 3.8) is 0 Å². The summed E-state index contributed by atoms with van der Waals surface area (Å²) in [7, 11) is 1.52. The molecular weight excluding hydrogens is 384 g/mol. The van der Waals surface area contributed by atoms with Crippen molar-refractivity contribution < 1.29 is 23.4 Å². The summed E-state index contributed by atoms with van der Waals surface area (Å²) >= 11 is 5.99. The zero-order valence-corrected chi connectivity index (χ0v) is 15.6. The molecule has 2 heterocycles. The van der Waals surface area contributed by atoms with Gasteiger partial charge in [0, 0.05) is 33.7 Å². The predicted octanol–water partition coefficient (Wildman–Crippen LogP) is 3.97. The molecule has 0 atom stereocenters. The van der Waals surface area contributed by atoms with Gasteiger partial charge in [0.25, 0.3) is 0 Å². The molecule has 3 aromatic rings. The number of fused-ring (bicyclic) bond motifs is 2. The number of ether oxygens (including phenoxy) is 3. The number of methoxy groups -OCH3 is 1. The van der Waals surface area contributed by atoms with E-state index in [2.05, 4.69) is 0 Å². The summed E-state index contributed by atoms with van der Waals surface area (Å²) in [5.74, 6) is 0.689. The quantitative estimate of drug-likeness (QED) is 0.489. The lowest BCUT2D eigenvalue weighted by atomic mass is 10.1. The van der Waals surface area contributed by atoms with Gasteiger partial charge < -0.3 is 18.6 Å². The van der Waals surface area contributed by atoms with Crippen LogP contribution in [-0.2, 0) is 16.1 Å². The molecule has 0 unspecified atom stereocenters. The van der Waals surface area contributed by atoms with Crippen LogP contribution >= 0.6 is 11.6 Å². The first kappa shape index (κ1) is 18.1. The van der Waals surface area contributed by atoms with E-state index in [1.165, 1.54) is 13.2 Å². The largest absolute Gasteiger partial charge is 0.497 e. The smallest absolute Gasteiger partial charge is 0.337 e. The van der Waals surface area contributed by atoms with Crippen LogP contribution in [0.4, 0.5) is 0 Å². The first-order valence-corrected chi connectivity index (χ1v) is 8.82. The molecule has 0 spiro atoms. The fourth-order valence-corrected chi connectivity index (χ4v) is 3.14. The van der Waals surface area contributed by atoms with Crippen molar-refractivity contribution in [1.29, 1.82) is 0 Å². The van der Waals surface area contributed by atoms with Gasteiger partial charge in [-0.2, -0.15) is 0 Å². The Morgan fingerprint density at radius 2 is 2.04 bits per heavy atom. The minimum Gasteiger partial charge on any atom is -0.497 e. The number of carbonyl (C=O) groups excluding carboxylic acids is 1. The van der Waals surface area contributed by atoms with Gasteiger partial charge in [0.2, 0.25) is 0 Å². The molecule has 4 rings (SSSR count). The van der Waals surface area contributed by atoms with E-state index in [0.29, 0.717) is 44.2 Å². The van der Waals surface area contributed by atoms with Crippen LogP contribution in [-0.4, -0.2) is 19.7 Å². The van der Waals surface area contributed by atoms with Gasteiger partial charge in [0.15, 0.2) is 0 Å². The lowest BCUT2D eigenvalue weighted by molar-refractivity contribution is -0.140. The number of hydrogen-bond acceptors (Lipinski definition) is 6. The monoisotopic (exact) mass is 398 g/mol. The Balaban J connectivity index is 1.56. The number of benzene rings is 2. The lowest BCUT2D eigenvalue weighted by Crippen LogP contribution is -2.17. The lowest BCUT2D eigenvalue weighted by Gasteiger charge is -2.17. The Bertz CT molecular complexity index is 1160. The number of esters is 1. The number of halogens is 1. The fraction of sp³-hybridized carbons (Fsp3) is 0.143. The molecule has 1 aliphatic rings. The molecule has 0 aliphatic carbocycles. The van der Waals surface area contributed by atoms with Crippen molar-refractivity contribution in [2.24, 2.45) is 0 Å². The molecule has 0 bridgehead atoms. The van der Waals surface area contributed by atoms with Gasteiger partial charge in [-0.05, 0) is 36.4 Å². The molecule has 142 valence electrons. The molecule has 0 saturated heterocycles. The molecule has 1 aliphatic heterocycles. The van der Waals surface area contributed by atoms with E-state index in [-0.39, 0.29) is 13.2 Å². The van der Waals surface area contributed by atoms with Crippen molar-refractivity contribution in [2.75, 3.05) is 13.7 Å². The van der Waals surface area contributed by atoms with E-state index in [1.807, 2.05) is 0 Å². The van der Waals surface area contributed by atoms with E-state index in [1.54, 1.807) is 42.5 Å². The van der Waals surface area contributed by atoms with Crippen molar-refractivity contribution in [2.45, 2.75) is 6.61 Å². The standard InChI is InChI=1S/C21H15ClO6/c1-25-16-3-4-17-13(8-20(23)28-19(17)9-16)10-27-21(24)14-6-12-7-15(22)2-5-18(12)26-11-14/h2-9H,10-11H2,1H3. The Labute approximate surface area is 164 Å². The summed E-state index contributed by atoms with van der Waals surface area (Å²) in [6.45, 7) is 0.0232. The minimum absolute atomic E-state index is 0.0764. The highest BCUT2D eigenvalue weighted by Gasteiger charge is 2.19. The maximum Gasteiger partial charge on any atom is 0.337 e. The van der Waals surface area contributed by atoms with E-state index in [4.69, 9.17) is 30.2 Å². The Morgan fingerprint density at radius 1 is 1.18 bits per heavy atom. The molecule has 2 aromatic carbocycles. The van der Waals surface area contributed by atoms with Crippen LogP contribution in [0, 0.1) is 0 Å². The van der Waals surface area contributed by atoms with Crippen LogP contribution in [0.15, 0.2) is 57.2 Å². The average molecular weight is 399 g/mol. The Morgan fingerprint density at radius 3 is 2.86 bits per heavy atom. The second-order valence-electron chi connectivity index (χ2n) is 6.17. The van der Waals surface area contributed by atoms with Gasteiger partial charge in [-0.3, -0.25) is 0 Å². The number of carbonyl (C=O) groups is 1. The zero-order valence-electron chi connectivity index (χ0n) is 14.9. The van der Waals surface area contributed by atoms with Crippen LogP contribution < -0.4 is 15.1 Å². The average Bonchev–Trinajstić information content (AvgIpc) is 2.70. The Hall–Kier alpha value is -3.25. The minimum atomic E-state index is -0.532. The first-order chi connectivity index (χ1) is 13.5. The van der Waals surface area contributed by atoms with E-state index in [0.717, 1.165) is 0 Å². The summed E-state index contributed by atoms with van der Waals surface area (Å²) in [6.07, 6.45) is 1.69. The maximum absolute atomic E-state index is 12.5. The van der Waals surface area contributed by atoms with Gasteiger partial charge in [-0.25, -0.2) is 9.59 Å². The third kappa shape index (κ3) is 3.59. The van der Waals surface area contributed by atoms with Crippen LogP contribution in [0.5, 0.6) is 11.5 Å². The van der Waals surface area contributed by atoms with Crippen LogP contribution in [0.3, 0.4) is 0 Å². The molecule has 0 saturated carbocycles. The van der Waals surface area contributed by atoms with Crippen molar-refractivity contribution in [3.8, 4) is 11.5 Å². The predicted molar refractivity (Wildman–Crippen MR) is 104 cm³/mol. The fourth-order valence-electron chi connectivity index (χ4n) is 2.96. The van der Waals surface area contributed by atoms with Crippen molar-refractivity contribution in [3.05, 3.63) is 74.6 Å². The van der Waals surface area contributed by atoms with E-state index >= 15 is 0 Å². The highest BCUT2D eigenvalue weighted by molar-refractivity contribution is 6.30. The highest BCUT2D eigenvalue weighted by Crippen LogP contribution is 2.29. The first-order valence-electron chi connectivity index (χ1n) is 8.44. The van der Waals surface area contributed by atoms with Gasteiger partial charge in [-0.1, -0.05) is 11.6 Å². The molecular formula is C21H15ClO6. The Kier molecular flexibility index (Phi) is 4.79. The molecule has 0 amide bonds. The van der Waals surface area contributed by atoms with Crippen LogP contribution in [0.1, 0.15) is 11.1 Å². The second-order valence-corrected chi connectivity index (χ2v) is 6.61.